The van der Waals surface area contributed by atoms with Crippen molar-refractivity contribution in [1.82, 2.24) is 25.2 Å². The molecule has 4 fully saturated rings. The van der Waals surface area contributed by atoms with E-state index < -0.39 is 11.6 Å². The van der Waals surface area contributed by atoms with Crippen molar-refractivity contribution in [3.05, 3.63) is 41.5 Å². The average molecular weight is 659 g/mol. The van der Waals surface area contributed by atoms with Crippen molar-refractivity contribution in [3.8, 4) is 28.9 Å². The minimum Gasteiger partial charge on any atom is -0.508 e. The molecule has 0 unspecified atom stereocenters. The summed E-state index contributed by atoms with van der Waals surface area (Å²) in [6, 6.07) is 6.65. The van der Waals surface area contributed by atoms with Gasteiger partial charge in [-0.3, -0.25) is 4.90 Å². The van der Waals surface area contributed by atoms with Crippen LogP contribution in [0.4, 0.5) is 14.6 Å². The van der Waals surface area contributed by atoms with Gasteiger partial charge in [-0.25, -0.2) is 13.8 Å². The molecule has 4 aliphatic heterocycles. The first-order valence-corrected chi connectivity index (χ1v) is 17.3. The zero-order chi connectivity index (χ0) is 32.7. The van der Waals surface area contributed by atoms with Gasteiger partial charge in [0.25, 0.3) is 0 Å². The number of piperazine rings is 1. The molecule has 3 N–H and O–H groups in total. The number of rotatable bonds is 8. The van der Waals surface area contributed by atoms with Crippen LogP contribution in [0.1, 0.15) is 51.0 Å². The van der Waals surface area contributed by atoms with E-state index in [2.05, 4.69) is 15.1 Å². The van der Waals surface area contributed by atoms with Gasteiger partial charge < -0.3 is 29.9 Å². The van der Waals surface area contributed by atoms with Gasteiger partial charge in [-0.05, 0) is 86.0 Å². The van der Waals surface area contributed by atoms with E-state index in [4.69, 9.17) is 24.4 Å². The fourth-order valence-corrected chi connectivity index (χ4v) is 8.68. The number of phenols is 1. The molecule has 1 saturated carbocycles. The molecule has 4 aromatic rings. The Bertz CT molecular complexity index is 1940. The first-order valence-electron chi connectivity index (χ1n) is 17.3. The number of halogens is 2. The fraction of sp³-hybridized carbons (Fsp3) is 0.528. The van der Waals surface area contributed by atoms with Crippen molar-refractivity contribution < 1.29 is 28.5 Å². The summed E-state index contributed by atoms with van der Waals surface area (Å²) in [7, 11) is 0. The number of aliphatic hydroxyl groups is 1. The van der Waals surface area contributed by atoms with Gasteiger partial charge in [0.1, 0.15) is 40.6 Å². The molecule has 6 heterocycles. The second-order valence-corrected chi connectivity index (χ2v) is 14.4. The first kappa shape index (κ1) is 30.2. The van der Waals surface area contributed by atoms with Crippen LogP contribution < -0.4 is 19.7 Å². The van der Waals surface area contributed by atoms with Gasteiger partial charge in [0.2, 0.25) is 5.88 Å². The van der Waals surface area contributed by atoms with Gasteiger partial charge in [-0.2, -0.15) is 9.97 Å². The number of aliphatic hydroxyl groups excluding tert-OH is 1. The largest absolute Gasteiger partial charge is 0.508 e. The number of benzene rings is 2. The van der Waals surface area contributed by atoms with E-state index in [0.29, 0.717) is 53.7 Å². The third-order valence-electron chi connectivity index (χ3n) is 11.4. The minimum absolute atomic E-state index is 0.0252. The van der Waals surface area contributed by atoms with E-state index in [1.165, 1.54) is 12.1 Å². The molecule has 252 valence electrons. The van der Waals surface area contributed by atoms with Crippen LogP contribution in [0.5, 0.6) is 17.6 Å². The predicted molar refractivity (Wildman–Crippen MR) is 177 cm³/mol. The molecule has 2 aromatic heterocycles. The molecule has 0 amide bonds. The molecule has 2 aromatic carbocycles. The summed E-state index contributed by atoms with van der Waals surface area (Å²) in [5.41, 5.74) is 0.581. The molecular weight excluding hydrogens is 618 g/mol. The Kier molecular flexibility index (Phi) is 7.14. The van der Waals surface area contributed by atoms with E-state index in [9.17, 15) is 10.2 Å². The number of hydrogen-bond donors (Lipinski definition) is 3. The number of hydrogen-bond acceptors (Lipinski definition) is 10. The SMILES string of the molecule is CCc1c(F)ccc2cc(O)cc(-c3nc4c5c(nc(OCC6(CN7CCC[C@@H]7CO)CC6)nc5c3F)N3C[C@@H]5CC[C@@H](N5)[C@H]3CO4)c12. The van der Waals surface area contributed by atoms with Crippen molar-refractivity contribution in [3.63, 3.8) is 0 Å². The van der Waals surface area contributed by atoms with E-state index in [-0.39, 0.29) is 70.6 Å². The molecule has 0 spiro atoms. The van der Waals surface area contributed by atoms with Crippen molar-refractivity contribution >= 4 is 27.5 Å². The molecule has 3 saturated heterocycles. The molecule has 5 aliphatic rings. The summed E-state index contributed by atoms with van der Waals surface area (Å²) in [4.78, 5) is 19.0. The molecule has 0 radical (unpaired) electrons. The van der Waals surface area contributed by atoms with Crippen LogP contribution in [0, 0.1) is 17.0 Å². The third kappa shape index (κ3) is 4.86. The number of fused-ring (bicyclic) bond motifs is 6. The summed E-state index contributed by atoms with van der Waals surface area (Å²) in [6.07, 6.45) is 6.51. The maximum absolute atomic E-state index is 17.1. The summed E-state index contributed by atoms with van der Waals surface area (Å²) >= 11 is 0. The standard InChI is InChI=1S/C36H40F2N6O4/c1-2-23-25(37)7-5-19-12-22(46)13-24(28(19)23)31-30(38)32-29-33(44-14-20-6-8-26(39-20)27(44)16-47-34(29)40-31)42-35(41-32)48-18-36(9-10-36)17-43-11-3-4-21(43)15-45/h5,7,12-13,20-21,26-27,39,45-46H,2-4,6,8-11,14-18H2,1H3/t20-,21+,26+,27+/m0/s1. The topological polar surface area (TPSA) is 116 Å². The zero-order valence-corrected chi connectivity index (χ0v) is 27.0. The van der Waals surface area contributed by atoms with Crippen molar-refractivity contribution in [2.45, 2.75) is 76.0 Å². The number of anilines is 1. The van der Waals surface area contributed by atoms with Gasteiger partial charge in [-0.15, -0.1) is 0 Å². The van der Waals surface area contributed by atoms with Crippen LogP contribution in [0.15, 0.2) is 24.3 Å². The predicted octanol–water partition coefficient (Wildman–Crippen LogP) is 4.71. The van der Waals surface area contributed by atoms with Crippen LogP contribution in [0.3, 0.4) is 0 Å². The molecule has 10 nitrogen and oxygen atoms in total. The molecule has 4 atom stereocenters. The normalized spacial score (nSPS) is 25.7. The van der Waals surface area contributed by atoms with Crippen LogP contribution in [0.25, 0.3) is 32.9 Å². The maximum atomic E-state index is 17.1. The second-order valence-electron chi connectivity index (χ2n) is 14.4. The Morgan fingerprint density at radius 2 is 1.98 bits per heavy atom. The molecule has 9 rings (SSSR count). The Morgan fingerprint density at radius 1 is 1.10 bits per heavy atom. The van der Waals surface area contributed by atoms with E-state index in [0.717, 1.165) is 51.6 Å². The van der Waals surface area contributed by atoms with E-state index >= 15 is 8.78 Å². The Balaban J connectivity index is 1.18. The number of nitrogens with zero attached hydrogens (tertiary/aromatic N) is 5. The van der Waals surface area contributed by atoms with Crippen LogP contribution in [-0.4, -0.2) is 93.7 Å². The highest BCUT2D eigenvalue weighted by atomic mass is 19.1. The Hall–Kier alpha value is -3.87. The molecule has 12 heteroatoms. The smallest absolute Gasteiger partial charge is 0.319 e. The lowest BCUT2D eigenvalue weighted by Gasteiger charge is -2.40. The highest BCUT2D eigenvalue weighted by molar-refractivity contribution is 6.03. The minimum atomic E-state index is -0.704. The molecule has 2 bridgehead atoms. The molecular formula is C36H40F2N6O4. The van der Waals surface area contributed by atoms with Gasteiger partial charge in [0.15, 0.2) is 5.82 Å². The van der Waals surface area contributed by atoms with Crippen LogP contribution in [-0.2, 0) is 6.42 Å². The quantitative estimate of drug-likeness (QED) is 0.246. The molecule has 1 aliphatic carbocycles. The summed E-state index contributed by atoms with van der Waals surface area (Å²) < 4.78 is 45.0. The number of pyridine rings is 1. The number of ether oxygens (including phenoxy) is 2. The summed E-state index contributed by atoms with van der Waals surface area (Å²) in [5.74, 6) is -0.427. The second kappa shape index (κ2) is 11.3. The number of aromatic nitrogens is 3. The van der Waals surface area contributed by atoms with Crippen molar-refractivity contribution in [1.29, 1.82) is 0 Å². The summed E-state index contributed by atoms with van der Waals surface area (Å²) in [5, 5.41) is 25.8. The maximum Gasteiger partial charge on any atom is 0.319 e. The van der Waals surface area contributed by atoms with Crippen LogP contribution in [0.2, 0.25) is 0 Å². The number of nitrogens with one attached hydrogen (secondary N) is 1. The fourth-order valence-electron chi connectivity index (χ4n) is 8.68. The van der Waals surface area contributed by atoms with Gasteiger partial charge >= 0.3 is 6.01 Å². The Labute approximate surface area is 277 Å². The highest BCUT2D eigenvalue weighted by Gasteiger charge is 2.47. The highest BCUT2D eigenvalue weighted by Crippen LogP contribution is 2.48. The lowest BCUT2D eigenvalue weighted by molar-refractivity contribution is 0.113. The number of likely N-dealkylation sites (tertiary alicyclic amines) is 1. The van der Waals surface area contributed by atoms with Gasteiger partial charge in [0.05, 0.1) is 19.3 Å². The third-order valence-corrected chi connectivity index (χ3v) is 11.4. The number of aryl methyl sites for hydroxylation is 1. The summed E-state index contributed by atoms with van der Waals surface area (Å²) in [6.45, 7) is 5.21. The molecule has 48 heavy (non-hydrogen) atoms. The first-order chi connectivity index (χ1) is 23.3. The monoisotopic (exact) mass is 658 g/mol. The Morgan fingerprint density at radius 3 is 2.79 bits per heavy atom. The lowest BCUT2D eigenvalue weighted by atomic mass is 9.94. The number of aromatic hydroxyl groups is 1. The van der Waals surface area contributed by atoms with Crippen molar-refractivity contribution in [2.24, 2.45) is 5.41 Å². The van der Waals surface area contributed by atoms with Gasteiger partial charge in [0, 0.05) is 42.2 Å². The lowest BCUT2D eigenvalue weighted by Crippen LogP contribution is -2.60. The van der Waals surface area contributed by atoms with Crippen molar-refractivity contribution in [2.75, 3.05) is 44.4 Å². The van der Waals surface area contributed by atoms with Gasteiger partial charge in [-0.1, -0.05) is 13.0 Å². The number of phenolic OH excluding ortho intramolecular Hbond substituents is 1. The average Bonchev–Trinajstić information content (AvgIpc) is 3.58. The van der Waals surface area contributed by atoms with E-state index in [1.54, 1.807) is 12.1 Å². The zero-order valence-electron chi connectivity index (χ0n) is 27.0. The van der Waals surface area contributed by atoms with E-state index in [1.807, 2.05) is 6.92 Å². The van der Waals surface area contributed by atoms with Crippen LogP contribution >= 0.6 is 0 Å².